The number of nitrogens with zero attached hydrogens (tertiary/aromatic N) is 4. The van der Waals surface area contributed by atoms with Crippen molar-refractivity contribution in [2.45, 2.75) is 78.2 Å². The highest BCUT2D eigenvalue weighted by molar-refractivity contribution is 4.80. The van der Waals surface area contributed by atoms with Gasteiger partial charge >= 0.3 is 0 Å². The van der Waals surface area contributed by atoms with Gasteiger partial charge in [-0.25, -0.2) is 4.68 Å². The SMILES string of the molecule is CCCCCCc1nnnn1CCCCCC. The summed E-state index contributed by atoms with van der Waals surface area (Å²) in [5.74, 6) is 1.07. The maximum atomic E-state index is 4.11. The fourth-order valence-electron chi connectivity index (χ4n) is 1.97. The van der Waals surface area contributed by atoms with E-state index < -0.39 is 0 Å². The number of tetrazole rings is 1. The van der Waals surface area contributed by atoms with Gasteiger partial charge in [0.1, 0.15) is 0 Å². The van der Waals surface area contributed by atoms with Crippen LogP contribution in [-0.2, 0) is 13.0 Å². The molecular weight excluding hydrogens is 212 g/mol. The molecule has 0 fully saturated rings. The summed E-state index contributed by atoms with van der Waals surface area (Å²) in [7, 11) is 0. The van der Waals surface area contributed by atoms with Crippen molar-refractivity contribution in [3.05, 3.63) is 5.82 Å². The molecule has 0 bridgehead atoms. The lowest BCUT2D eigenvalue weighted by Gasteiger charge is -2.04. The molecule has 0 unspecified atom stereocenters. The van der Waals surface area contributed by atoms with Gasteiger partial charge in [-0.3, -0.25) is 0 Å². The van der Waals surface area contributed by atoms with E-state index in [1.807, 2.05) is 4.68 Å². The van der Waals surface area contributed by atoms with Gasteiger partial charge < -0.3 is 0 Å². The average molecular weight is 238 g/mol. The predicted octanol–water partition coefficient (Wildman–Crippen LogP) is 3.38. The molecule has 17 heavy (non-hydrogen) atoms. The Morgan fingerprint density at radius 1 is 0.882 bits per heavy atom. The first-order valence-corrected chi connectivity index (χ1v) is 7.13. The summed E-state index contributed by atoms with van der Waals surface area (Å²) in [6.45, 7) is 5.45. The maximum Gasteiger partial charge on any atom is 0.151 e. The highest BCUT2D eigenvalue weighted by atomic mass is 15.5. The lowest BCUT2D eigenvalue weighted by Crippen LogP contribution is -2.06. The zero-order valence-corrected chi connectivity index (χ0v) is 11.4. The summed E-state index contributed by atoms with van der Waals surface area (Å²) >= 11 is 0. The van der Waals surface area contributed by atoms with Crippen molar-refractivity contribution in [3.63, 3.8) is 0 Å². The minimum Gasteiger partial charge on any atom is -0.230 e. The van der Waals surface area contributed by atoms with Crippen LogP contribution in [0.25, 0.3) is 0 Å². The van der Waals surface area contributed by atoms with Crippen LogP contribution in [-0.4, -0.2) is 20.2 Å². The van der Waals surface area contributed by atoms with Crippen molar-refractivity contribution < 1.29 is 0 Å². The molecule has 1 aromatic heterocycles. The van der Waals surface area contributed by atoms with Crippen molar-refractivity contribution in [3.8, 4) is 0 Å². The number of aryl methyl sites for hydroxylation is 2. The van der Waals surface area contributed by atoms with Crippen LogP contribution in [0.3, 0.4) is 0 Å². The molecule has 1 heterocycles. The summed E-state index contributed by atoms with van der Waals surface area (Å²) in [4.78, 5) is 0. The summed E-state index contributed by atoms with van der Waals surface area (Å²) in [6, 6.07) is 0. The normalized spacial score (nSPS) is 10.9. The third-order valence-electron chi connectivity index (χ3n) is 3.08. The molecule has 1 rings (SSSR count). The lowest BCUT2D eigenvalue weighted by atomic mass is 10.1. The number of aromatic nitrogens is 4. The zero-order chi connectivity index (χ0) is 12.3. The monoisotopic (exact) mass is 238 g/mol. The van der Waals surface area contributed by atoms with Crippen LogP contribution in [0.15, 0.2) is 0 Å². The van der Waals surface area contributed by atoms with E-state index in [2.05, 4.69) is 29.4 Å². The van der Waals surface area contributed by atoms with Crippen molar-refractivity contribution in [2.24, 2.45) is 0 Å². The Kier molecular flexibility index (Phi) is 7.60. The third kappa shape index (κ3) is 5.80. The topological polar surface area (TPSA) is 43.6 Å². The van der Waals surface area contributed by atoms with Crippen molar-refractivity contribution in [2.75, 3.05) is 0 Å². The van der Waals surface area contributed by atoms with Crippen molar-refractivity contribution >= 4 is 0 Å². The van der Waals surface area contributed by atoms with Crippen LogP contribution in [0.2, 0.25) is 0 Å². The Hall–Kier alpha value is -0.930. The van der Waals surface area contributed by atoms with Gasteiger partial charge in [0.05, 0.1) is 0 Å². The van der Waals surface area contributed by atoms with E-state index in [0.717, 1.165) is 18.8 Å². The lowest BCUT2D eigenvalue weighted by molar-refractivity contribution is 0.505. The Bertz CT molecular complexity index is 256. The molecule has 0 saturated heterocycles. The van der Waals surface area contributed by atoms with E-state index >= 15 is 0 Å². The second kappa shape index (κ2) is 9.14. The molecule has 0 saturated carbocycles. The first kappa shape index (κ1) is 14.1. The molecule has 0 aliphatic carbocycles. The van der Waals surface area contributed by atoms with Crippen LogP contribution in [0.1, 0.15) is 71.0 Å². The fraction of sp³-hybridized carbons (Fsp3) is 0.923. The molecule has 0 aliphatic rings. The Labute approximate surface area is 105 Å². The molecule has 0 N–H and O–H groups in total. The smallest absolute Gasteiger partial charge is 0.151 e. The van der Waals surface area contributed by atoms with Gasteiger partial charge in [0.25, 0.3) is 0 Å². The summed E-state index contributed by atoms with van der Waals surface area (Å²) in [6.07, 6.45) is 11.2. The van der Waals surface area contributed by atoms with Crippen molar-refractivity contribution in [1.29, 1.82) is 0 Å². The molecule has 0 radical (unpaired) electrons. The summed E-state index contributed by atoms with van der Waals surface area (Å²) in [5.41, 5.74) is 0. The quantitative estimate of drug-likeness (QED) is 0.587. The fourth-order valence-corrected chi connectivity index (χ4v) is 1.97. The standard InChI is InChI=1S/C13H26N4/c1-3-5-7-9-11-13-14-15-16-17(13)12-10-8-6-4-2/h3-12H2,1-2H3. The number of unbranched alkanes of at least 4 members (excludes halogenated alkanes) is 6. The molecule has 0 aliphatic heterocycles. The van der Waals surface area contributed by atoms with E-state index in [0.29, 0.717) is 0 Å². The van der Waals surface area contributed by atoms with Gasteiger partial charge in [0, 0.05) is 13.0 Å². The average Bonchev–Trinajstić information content (AvgIpc) is 2.78. The maximum absolute atomic E-state index is 4.11. The zero-order valence-electron chi connectivity index (χ0n) is 11.4. The van der Waals surface area contributed by atoms with E-state index in [1.54, 1.807) is 0 Å². The molecule has 98 valence electrons. The van der Waals surface area contributed by atoms with Gasteiger partial charge in [-0.15, -0.1) is 5.10 Å². The van der Waals surface area contributed by atoms with E-state index in [4.69, 9.17) is 0 Å². The molecule has 0 aromatic carbocycles. The highest BCUT2D eigenvalue weighted by Gasteiger charge is 2.04. The van der Waals surface area contributed by atoms with E-state index in [9.17, 15) is 0 Å². The second-order valence-corrected chi connectivity index (χ2v) is 4.69. The first-order chi connectivity index (χ1) is 8.38. The van der Waals surface area contributed by atoms with Crippen LogP contribution in [0, 0.1) is 0 Å². The van der Waals surface area contributed by atoms with Crippen LogP contribution < -0.4 is 0 Å². The Balaban J connectivity index is 2.22. The minimum absolute atomic E-state index is 0.982. The minimum atomic E-state index is 0.982. The Morgan fingerprint density at radius 3 is 2.29 bits per heavy atom. The van der Waals surface area contributed by atoms with Crippen molar-refractivity contribution in [1.82, 2.24) is 20.2 Å². The molecule has 4 heteroatoms. The van der Waals surface area contributed by atoms with Gasteiger partial charge in [-0.05, 0) is 23.3 Å². The van der Waals surface area contributed by atoms with Crippen LogP contribution in [0.5, 0.6) is 0 Å². The number of rotatable bonds is 10. The Morgan fingerprint density at radius 2 is 1.59 bits per heavy atom. The molecule has 0 atom stereocenters. The third-order valence-corrected chi connectivity index (χ3v) is 3.08. The first-order valence-electron chi connectivity index (χ1n) is 7.13. The van der Waals surface area contributed by atoms with Gasteiger partial charge in [0.2, 0.25) is 0 Å². The highest BCUT2D eigenvalue weighted by Crippen LogP contribution is 2.06. The molecule has 0 amide bonds. The van der Waals surface area contributed by atoms with Crippen LogP contribution in [0.4, 0.5) is 0 Å². The second-order valence-electron chi connectivity index (χ2n) is 4.69. The molecule has 1 aromatic rings. The summed E-state index contributed by atoms with van der Waals surface area (Å²) in [5, 5.41) is 12.0. The summed E-state index contributed by atoms with van der Waals surface area (Å²) < 4.78 is 1.99. The number of hydrogen-bond acceptors (Lipinski definition) is 3. The van der Waals surface area contributed by atoms with Crippen LogP contribution >= 0.6 is 0 Å². The van der Waals surface area contributed by atoms with E-state index in [1.165, 1.54) is 51.4 Å². The van der Waals surface area contributed by atoms with Gasteiger partial charge in [-0.1, -0.05) is 52.4 Å². The molecule has 4 nitrogen and oxygen atoms in total. The largest absolute Gasteiger partial charge is 0.230 e. The number of hydrogen-bond donors (Lipinski definition) is 0. The molecule has 0 spiro atoms. The van der Waals surface area contributed by atoms with Gasteiger partial charge in [-0.2, -0.15) is 0 Å². The van der Waals surface area contributed by atoms with E-state index in [-0.39, 0.29) is 0 Å². The molecular formula is C13H26N4. The van der Waals surface area contributed by atoms with Gasteiger partial charge in [0.15, 0.2) is 5.82 Å². The predicted molar refractivity (Wildman–Crippen MR) is 69.8 cm³/mol.